The average Bonchev–Trinajstić information content (AvgIpc) is 3.01. The number of ether oxygens (including phenoxy) is 2. The molecule has 1 aliphatic rings. The molecule has 2 rings (SSSR count). The molecule has 0 spiro atoms. The first kappa shape index (κ1) is 9.19. The minimum atomic E-state index is 0.645. The molecule has 0 amide bonds. The molecule has 1 saturated carbocycles. The van der Waals surface area contributed by atoms with Gasteiger partial charge >= 0.3 is 0 Å². The van der Waals surface area contributed by atoms with Crippen molar-refractivity contribution >= 4 is 5.69 Å². The Morgan fingerprint density at radius 2 is 1.64 bits per heavy atom. The van der Waals surface area contributed by atoms with Gasteiger partial charge in [-0.05, 0) is 12.8 Å². The fraction of sp³-hybridized carbons (Fsp3) is 0.455. The normalized spacial score (nSPS) is 15.0. The Morgan fingerprint density at radius 1 is 1.07 bits per heavy atom. The summed E-state index contributed by atoms with van der Waals surface area (Å²) < 4.78 is 10.4. The van der Waals surface area contributed by atoms with E-state index < -0.39 is 0 Å². The zero-order valence-electron chi connectivity index (χ0n) is 8.54. The summed E-state index contributed by atoms with van der Waals surface area (Å²) in [5.41, 5.74) is 1.07. The molecule has 0 radical (unpaired) electrons. The first-order chi connectivity index (χ1) is 6.81. The minimum absolute atomic E-state index is 0.645. The lowest BCUT2D eigenvalue weighted by Crippen LogP contribution is -2.01. The third kappa shape index (κ3) is 2.10. The largest absolute Gasteiger partial charge is 0.497 e. The van der Waals surface area contributed by atoms with Gasteiger partial charge in [0.15, 0.2) is 0 Å². The number of anilines is 1. The van der Waals surface area contributed by atoms with Crippen molar-refractivity contribution in [3.63, 3.8) is 0 Å². The van der Waals surface area contributed by atoms with Crippen LogP contribution in [0.3, 0.4) is 0 Å². The summed E-state index contributed by atoms with van der Waals surface area (Å²) in [4.78, 5) is 0. The van der Waals surface area contributed by atoms with Gasteiger partial charge < -0.3 is 14.8 Å². The Labute approximate surface area is 84.0 Å². The number of rotatable bonds is 4. The van der Waals surface area contributed by atoms with Crippen LogP contribution < -0.4 is 14.8 Å². The fourth-order valence-corrected chi connectivity index (χ4v) is 1.35. The van der Waals surface area contributed by atoms with Crippen LogP contribution in [-0.4, -0.2) is 20.3 Å². The van der Waals surface area contributed by atoms with Gasteiger partial charge in [-0.3, -0.25) is 0 Å². The molecule has 1 fully saturated rings. The highest BCUT2D eigenvalue weighted by atomic mass is 16.5. The summed E-state index contributed by atoms with van der Waals surface area (Å²) in [6, 6.07) is 6.49. The molecule has 0 bridgehead atoms. The van der Waals surface area contributed by atoms with E-state index in [1.165, 1.54) is 12.8 Å². The van der Waals surface area contributed by atoms with Crippen molar-refractivity contribution < 1.29 is 9.47 Å². The molecule has 0 heterocycles. The Morgan fingerprint density at radius 3 is 2.07 bits per heavy atom. The summed E-state index contributed by atoms with van der Waals surface area (Å²) in [5.74, 6) is 1.65. The maximum Gasteiger partial charge on any atom is 0.124 e. The van der Waals surface area contributed by atoms with Crippen LogP contribution >= 0.6 is 0 Å². The lowest BCUT2D eigenvalue weighted by molar-refractivity contribution is 0.394. The molecule has 1 aromatic carbocycles. The SMILES string of the molecule is COc1cc(NC2CC2)cc(OC)c1. The van der Waals surface area contributed by atoms with Gasteiger partial charge in [0.25, 0.3) is 0 Å². The number of hydrogen-bond donors (Lipinski definition) is 1. The van der Waals surface area contributed by atoms with Crippen LogP contribution in [-0.2, 0) is 0 Å². The molecule has 0 saturated heterocycles. The van der Waals surface area contributed by atoms with Crippen LogP contribution in [0.4, 0.5) is 5.69 Å². The monoisotopic (exact) mass is 193 g/mol. The van der Waals surface area contributed by atoms with Gasteiger partial charge in [-0.15, -0.1) is 0 Å². The number of nitrogens with one attached hydrogen (secondary N) is 1. The van der Waals surface area contributed by atoms with Crippen molar-refractivity contribution in [3.8, 4) is 11.5 Å². The highest BCUT2D eigenvalue weighted by Gasteiger charge is 2.21. The number of benzene rings is 1. The third-order valence-electron chi connectivity index (χ3n) is 2.30. The van der Waals surface area contributed by atoms with Gasteiger partial charge in [-0.25, -0.2) is 0 Å². The summed E-state index contributed by atoms with van der Waals surface area (Å²) in [6.07, 6.45) is 2.53. The third-order valence-corrected chi connectivity index (χ3v) is 2.30. The van der Waals surface area contributed by atoms with Crippen LogP contribution in [0.25, 0.3) is 0 Å². The average molecular weight is 193 g/mol. The van der Waals surface area contributed by atoms with Crippen LogP contribution in [0.2, 0.25) is 0 Å². The summed E-state index contributed by atoms with van der Waals surface area (Å²) in [6.45, 7) is 0. The second-order valence-corrected chi connectivity index (χ2v) is 3.52. The summed E-state index contributed by atoms with van der Waals surface area (Å²) >= 11 is 0. The van der Waals surface area contributed by atoms with Crippen LogP contribution in [0.1, 0.15) is 12.8 Å². The molecule has 0 unspecified atom stereocenters. The van der Waals surface area contributed by atoms with Gasteiger partial charge in [0.2, 0.25) is 0 Å². The Kier molecular flexibility index (Phi) is 2.48. The smallest absolute Gasteiger partial charge is 0.124 e. The van der Waals surface area contributed by atoms with Crippen molar-refractivity contribution in [2.45, 2.75) is 18.9 Å². The first-order valence-corrected chi connectivity index (χ1v) is 4.81. The van der Waals surface area contributed by atoms with Gasteiger partial charge in [0.1, 0.15) is 11.5 Å². The lowest BCUT2D eigenvalue weighted by atomic mass is 10.2. The molecule has 0 aliphatic heterocycles. The van der Waals surface area contributed by atoms with Gasteiger partial charge in [0, 0.05) is 29.9 Å². The minimum Gasteiger partial charge on any atom is -0.497 e. The Hall–Kier alpha value is -1.38. The van der Waals surface area contributed by atoms with E-state index in [9.17, 15) is 0 Å². The van der Waals surface area contributed by atoms with E-state index in [4.69, 9.17) is 9.47 Å². The Bertz CT molecular complexity index is 299. The highest BCUT2D eigenvalue weighted by Crippen LogP contribution is 2.30. The molecule has 3 heteroatoms. The molecule has 3 nitrogen and oxygen atoms in total. The van der Waals surface area contributed by atoms with Crippen LogP contribution in [0.15, 0.2) is 18.2 Å². The van der Waals surface area contributed by atoms with Crippen molar-refractivity contribution in [2.75, 3.05) is 19.5 Å². The zero-order valence-corrected chi connectivity index (χ0v) is 8.54. The highest BCUT2D eigenvalue weighted by molar-refractivity contribution is 5.54. The predicted octanol–water partition coefficient (Wildman–Crippen LogP) is 2.28. The van der Waals surface area contributed by atoms with E-state index in [0.717, 1.165) is 17.2 Å². The quantitative estimate of drug-likeness (QED) is 0.795. The summed E-state index contributed by atoms with van der Waals surface area (Å²) in [5, 5.41) is 3.41. The van der Waals surface area contributed by atoms with Crippen molar-refractivity contribution in [1.82, 2.24) is 0 Å². The van der Waals surface area contributed by atoms with E-state index in [-0.39, 0.29) is 0 Å². The van der Waals surface area contributed by atoms with Crippen molar-refractivity contribution in [3.05, 3.63) is 18.2 Å². The topological polar surface area (TPSA) is 30.5 Å². The van der Waals surface area contributed by atoms with Gasteiger partial charge in [0.05, 0.1) is 14.2 Å². The molecule has 1 aromatic rings. The molecule has 0 aromatic heterocycles. The van der Waals surface area contributed by atoms with E-state index in [1.54, 1.807) is 14.2 Å². The second-order valence-electron chi connectivity index (χ2n) is 3.52. The van der Waals surface area contributed by atoms with Gasteiger partial charge in [-0.1, -0.05) is 0 Å². The van der Waals surface area contributed by atoms with Crippen molar-refractivity contribution in [2.24, 2.45) is 0 Å². The molecule has 1 N–H and O–H groups in total. The molecule has 76 valence electrons. The molecule has 0 atom stereocenters. The van der Waals surface area contributed by atoms with E-state index in [2.05, 4.69) is 5.32 Å². The van der Waals surface area contributed by atoms with Crippen LogP contribution in [0, 0.1) is 0 Å². The molecule has 14 heavy (non-hydrogen) atoms. The molecular formula is C11H15NO2. The zero-order chi connectivity index (χ0) is 9.97. The predicted molar refractivity (Wildman–Crippen MR) is 56.2 cm³/mol. The number of hydrogen-bond acceptors (Lipinski definition) is 3. The lowest BCUT2D eigenvalue weighted by Gasteiger charge is -2.09. The maximum absolute atomic E-state index is 5.18. The molecule has 1 aliphatic carbocycles. The van der Waals surface area contributed by atoms with Gasteiger partial charge in [-0.2, -0.15) is 0 Å². The Balaban J connectivity index is 2.19. The standard InChI is InChI=1S/C11H15NO2/c1-13-10-5-9(12-8-3-4-8)6-11(7-10)14-2/h5-8,12H,3-4H2,1-2H3. The summed E-state index contributed by atoms with van der Waals surface area (Å²) in [7, 11) is 3.32. The second kappa shape index (κ2) is 3.78. The van der Waals surface area contributed by atoms with Crippen LogP contribution in [0.5, 0.6) is 11.5 Å². The first-order valence-electron chi connectivity index (χ1n) is 4.81. The number of methoxy groups -OCH3 is 2. The van der Waals surface area contributed by atoms with E-state index in [0.29, 0.717) is 6.04 Å². The van der Waals surface area contributed by atoms with Crippen molar-refractivity contribution in [1.29, 1.82) is 0 Å². The maximum atomic E-state index is 5.18. The molecular weight excluding hydrogens is 178 g/mol. The van der Waals surface area contributed by atoms with E-state index in [1.807, 2.05) is 18.2 Å². The van der Waals surface area contributed by atoms with E-state index >= 15 is 0 Å². The fourth-order valence-electron chi connectivity index (χ4n) is 1.35.